The highest BCUT2D eigenvalue weighted by molar-refractivity contribution is 5.17. The maximum atomic E-state index is 11.8. The second-order valence-corrected chi connectivity index (χ2v) is 4.89. The Bertz CT molecular complexity index is 315. The van der Waals surface area contributed by atoms with Crippen LogP contribution in [0.2, 0.25) is 0 Å². The molecule has 1 aromatic carbocycles. The maximum absolute atomic E-state index is 11.8. The lowest BCUT2D eigenvalue weighted by molar-refractivity contribution is -0.137. The first-order valence-electron chi connectivity index (χ1n) is 7.72. The van der Waals surface area contributed by atoms with Gasteiger partial charge in [0, 0.05) is 13.2 Å². The second-order valence-electron chi connectivity index (χ2n) is 4.89. The van der Waals surface area contributed by atoms with Gasteiger partial charge in [-0.15, -0.1) is 0 Å². The van der Waals surface area contributed by atoms with E-state index < -0.39 is 11.7 Å². The number of alkyl halides is 3. The lowest BCUT2D eigenvalue weighted by atomic mass is 10.2. The van der Waals surface area contributed by atoms with E-state index in [-0.39, 0.29) is 0 Å². The number of unbranched alkanes of at least 4 members (excludes halogenated alkanes) is 4. The van der Waals surface area contributed by atoms with Crippen LogP contribution in [0.4, 0.5) is 13.2 Å². The topological polar surface area (TPSA) is 9.23 Å². The Morgan fingerprint density at radius 3 is 1.62 bits per heavy atom. The summed E-state index contributed by atoms with van der Waals surface area (Å²) < 4.78 is 40.8. The Labute approximate surface area is 126 Å². The van der Waals surface area contributed by atoms with Gasteiger partial charge in [0.1, 0.15) is 0 Å². The van der Waals surface area contributed by atoms with Crippen molar-refractivity contribution < 1.29 is 17.9 Å². The van der Waals surface area contributed by atoms with Crippen LogP contribution in [-0.4, -0.2) is 13.2 Å². The van der Waals surface area contributed by atoms with Gasteiger partial charge in [-0.1, -0.05) is 69.9 Å². The third-order valence-corrected chi connectivity index (χ3v) is 2.89. The molecule has 0 aliphatic heterocycles. The van der Waals surface area contributed by atoms with Crippen LogP contribution < -0.4 is 0 Å². The highest BCUT2D eigenvalue weighted by Crippen LogP contribution is 2.28. The monoisotopic (exact) mass is 304 g/mol. The number of hydrogen-bond donors (Lipinski definition) is 0. The van der Waals surface area contributed by atoms with Crippen molar-refractivity contribution in [3.05, 3.63) is 35.9 Å². The first-order chi connectivity index (χ1) is 10.0. The van der Waals surface area contributed by atoms with Crippen LogP contribution >= 0.6 is 0 Å². The minimum atomic E-state index is -4.21. The normalized spacial score (nSPS) is 10.9. The molecule has 0 atom stereocenters. The lowest BCUT2D eigenvalue weighted by Gasteiger charge is -2.03. The van der Waals surface area contributed by atoms with Crippen LogP contribution in [0.15, 0.2) is 30.3 Å². The van der Waals surface area contributed by atoms with E-state index in [1.165, 1.54) is 50.7 Å². The summed E-state index contributed by atoms with van der Waals surface area (Å²) in [5.41, 5.74) is -0.602. The zero-order valence-electron chi connectivity index (χ0n) is 13.1. The van der Waals surface area contributed by atoms with Gasteiger partial charge in [-0.05, 0) is 12.8 Å². The van der Waals surface area contributed by atoms with E-state index in [4.69, 9.17) is 4.74 Å². The Morgan fingerprint density at radius 1 is 0.810 bits per heavy atom. The van der Waals surface area contributed by atoms with Crippen LogP contribution in [-0.2, 0) is 10.9 Å². The van der Waals surface area contributed by atoms with Gasteiger partial charge in [-0.25, -0.2) is 0 Å². The van der Waals surface area contributed by atoms with E-state index in [2.05, 4.69) is 13.8 Å². The summed E-state index contributed by atoms with van der Waals surface area (Å²) in [7, 11) is 0. The second kappa shape index (κ2) is 12.7. The molecule has 4 heteroatoms. The largest absolute Gasteiger partial charge is 0.416 e. The van der Waals surface area contributed by atoms with Gasteiger partial charge in [0.25, 0.3) is 0 Å². The van der Waals surface area contributed by atoms with E-state index in [0.717, 1.165) is 25.3 Å². The predicted molar refractivity (Wildman–Crippen MR) is 81.3 cm³/mol. The third kappa shape index (κ3) is 12.4. The molecule has 0 heterocycles. The fourth-order valence-electron chi connectivity index (χ4n) is 1.64. The van der Waals surface area contributed by atoms with Crippen molar-refractivity contribution >= 4 is 0 Å². The first kappa shape index (κ1) is 20.0. The van der Waals surface area contributed by atoms with Crippen LogP contribution in [0.25, 0.3) is 0 Å². The fourth-order valence-corrected chi connectivity index (χ4v) is 1.64. The predicted octanol–water partition coefficient (Wildman–Crippen LogP) is 6.09. The van der Waals surface area contributed by atoms with Crippen molar-refractivity contribution in [2.24, 2.45) is 0 Å². The molecule has 0 saturated carbocycles. The molecular weight excluding hydrogens is 277 g/mol. The van der Waals surface area contributed by atoms with Crippen LogP contribution in [0.3, 0.4) is 0 Å². The molecule has 1 nitrogen and oxygen atoms in total. The number of benzene rings is 1. The molecular formula is C17H27F3O. The molecule has 0 fully saturated rings. The number of rotatable bonds is 8. The molecule has 1 aromatic rings. The Kier molecular flexibility index (Phi) is 12.1. The standard InChI is InChI=1S/C10H22O.C7H5F3/c1-3-5-7-9-11-10-8-6-4-2;8-7(9,10)6-4-2-1-3-5-6/h3-10H2,1-2H3;1-5H. The minimum absolute atomic E-state index is 0.602. The number of hydrogen-bond acceptors (Lipinski definition) is 1. The van der Waals surface area contributed by atoms with Crippen molar-refractivity contribution in [2.75, 3.05) is 13.2 Å². The fraction of sp³-hybridized carbons (Fsp3) is 0.647. The molecule has 1 rings (SSSR count). The molecule has 0 radical (unpaired) electrons. The van der Waals surface area contributed by atoms with E-state index in [1.54, 1.807) is 6.07 Å². The average Bonchev–Trinajstić information content (AvgIpc) is 2.47. The molecule has 0 aliphatic carbocycles. The SMILES string of the molecule is CCCCCOCCCCC.FC(F)(F)c1ccccc1. The summed E-state index contributed by atoms with van der Waals surface area (Å²) in [5.74, 6) is 0. The summed E-state index contributed by atoms with van der Waals surface area (Å²) in [6, 6.07) is 6.36. The van der Waals surface area contributed by atoms with Gasteiger partial charge in [0.05, 0.1) is 5.56 Å². The van der Waals surface area contributed by atoms with Crippen molar-refractivity contribution in [3.8, 4) is 0 Å². The van der Waals surface area contributed by atoms with Gasteiger partial charge < -0.3 is 4.74 Å². The zero-order chi connectivity index (χ0) is 16.0. The molecule has 0 saturated heterocycles. The van der Waals surface area contributed by atoms with Gasteiger partial charge >= 0.3 is 6.18 Å². The van der Waals surface area contributed by atoms with Crippen molar-refractivity contribution in [1.29, 1.82) is 0 Å². The van der Waals surface area contributed by atoms with Crippen molar-refractivity contribution in [1.82, 2.24) is 0 Å². The van der Waals surface area contributed by atoms with Crippen LogP contribution in [0, 0.1) is 0 Å². The highest BCUT2D eigenvalue weighted by atomic mass is 19.4. The van der Waals surface area contributed by atoms with E-state index in [1.807, 2.05) is 0 Å². The lowest BCUT2D eigenvalue weighted by Crippen LogP contribution is -2.03. The van der Waals surface area contributed by atoms with Gasteiger partial charge in [-0.3, -0.25) is 0 Å². The van der Waals surface area contributed by atoms with Crippen LogP contribution in [0.5, 0.6) is 0 Å². The van der Waals surface area contributed by atoms with Crippen molar-refractivity contribution in [3.63, 3.8) is 0 Å². The summed E-state index contributed by atoms with van der Waals surface area (Å²) in [6.45, 7) is 6.38. The zero-order valence-corrected chi connectivity index (χ0v) is 13.1. The Morgan fingerprint density at radius 2 is 1.29 bits per heavy atom. The molecule has 0 aliphatic rings. The average molecular weight is 304 g/mol. The number of halogens is 3. The number of ether oxygens (including phenoxy) is 1. The van der Waals surface area contributed by atoms with E-state index in [9.17, 15) is 13.2 Å². The first-order valence-corrected chi connectivity index (χ1v) is 7.72. The summed E-state index contributed by atoms with van der Waals surface area (Å²) in [4.78, 5) is 0. The van der Waals surface area contributed by atoms with E-state index in [0.29, 0.717) is 0 Å². The van der Waals surface area contributed by atoms with E-state index >= 15 is 0 Å². The summed E-state index contributed by atoms with van der Waals surface area (Å²) in [6.07, 6.45) is 3.48. The Hall–Kier alpha value is -1.03. The molecule has 0 aromatic heterocycles. The Balaban J connectivity index is 0.000000382. The highest BCUT2D eigenvalue weighted by Gasteiger charge is 2.29. The molecule has 21 heavy (non-hydrogen) atoms. The van der Waals surface area contributed by atoms with Crippen LogP contribution in [0.1, 0.15) is 57.9 Å². The quantitative estimate of drug-likeness (QED) is 0.528. The summed E-state index contributed by atoms with van der Waals surface area (Å²) in [5, 5.41) is 0. The maximum Gasteiger partial charge on any atom is 0.416 e. The van der Waals surface area contributed by atoms with Crippen molar-refractivity contribution in [2.45, 2.75) is 58.5 Å². The summed E-state index contributed by atoms with van der Waals surface area (Å²) >= 11 is 0. The molecule has 0 spiro atoms. The molecule has 0 N–H and O–H groups in total. The molecule has 0 amide bonds. The third-order valence-electron chi connectivity index (χ3n) is 2.89. The molecule has 0 unspecified atom stereocenters. The smallest absolute Gasteiger partial charge is 0.381 e. The molecule has 0 bridgehead atoms. The molecule has 122 valence electrons. The minimum Gasteiger partial charge on any atom is -0.381 e. The van der Waals surface area contributed by atoms with Gasteiger partial charge in [-0.2, -0.15) is 13.2 Å². The van der Waals surface area contributed by atoms with Gasteiger partial charge in [0.2, 0.25) is 0 Å². The van der Waals surface area contributed by atoms with Gasteiger partial charge in [0.15, 0.2) is 0 Å².